The lowest BCUT2D eigenvalue weighted by molar-refractivity contribution is -0.168. The Kier molecular flexibility index (Phi) is 6.26. The molecule has 0 amide bonds. The van der Waals surface area contributed by atoms with Gasteiger partial charge >= 0.3 is 11.9 Å². The normalized spacial score (nSPS) is 23.8. The molecule has 1 aromatic carbocycles. The summed E-state index contributed by atoms with van der Waals surface area (Å²) in [6.45, 7) is 7.97. The lowest BCUT2D eigenvalue weighted by atomic mass is 9.69. The Labute approximate surface area is 150 Å². The molecule has 0 unspecified atom stereocenters. The first-order chi connectivity index (χ1) is 11.8. The quantitative estimate of drug-likeness (QED) is 0.728. The summed E-state index contributed by atoms with van der Waals surface area (Å²) in [6, 6.07) is 9.71. The van der Waals surface area contributed by atoms with Crippen LogP contribution in [0.5, 0.6) is 0 Å². The van der Waals surface area contributed by atoms with Crippen LogP contribution in [-0.2, 0) is 25.7 Å². The molecular formula is C21H30O4. The van der Waals surface area contributed by atoms with Gasteiger partial charge < -0.3 is 9.47 Å². The van der Waals surface area contributed by atoms with Gasteiger partial charge in [0, 0.05) is 0 Å². The van der Waals surface area contributed by atoms with Crippen LogP contribution >= 0.6 is 0 Å². The fourth-order valence-electron chi connectivity index (χ4n) is 3.37. The van der Waals surface area contributed by atoms with Crippen LogP contribution < -0.4 is 0 Å². The lowest BCUT2D eigenvalue weighted by Crippen LogP contribution is -2.39. The maximum Gasteiger partial charge on any atom is 0.312 e. The minimum atomic E-state index is -0.467. The molecule has 4 nitrogen and oxygen atoms in total. The molecule has 1 aliphatic carbocycles. The van der Waals surface area contributed by atoms with Gasteiger partial charge in [0.25, 0.3) is 0 Å². The van der Waals surface area contributed by atoms with Crippen molar-refractivity contribution in [2.24, 2.45) is 11.3 Å². The van der Waals surface area contributed by atoms with E-state index in [1.807, 2.05) is 58.0 Å². The molecule has 1 fully saturated rings. The molecule has 0 aliphatic heterocycles. The van der Waals surface area contributed by atoms with Crippen molar-refractivity contribution in [3.8, 4) is 0 Å². The van der Waals surface area contributed by atoms with E-state index in [0.717, 1.165) is 12.0 Å². The molecule has 1 aliphatic rings. The van der Waals surface area contributed by atoms with E-state index in [0.29, 0.717) is 32.3 Å². The zero-order valence-corrected chi connectivity index (χ0v) is 15.8. The van der Waals surface area contributed by atoms with Gasteiger partial charge in [-0.25, -0.2) is 0 Å². The number of carbonyl (C=O) groups is 2. The minimum absolute atomic E-state index is 0.110. The highest BCUT2D eigenvalue weighted by Gasteiger charge is 2.43. The molecule has 1 aromatic rings. The molecule has 0 bridgehead atoms. The van der Waals surface area contributed by atoms with E-state index in [1.54, 1.807) is 0 Å². The molecule has 0 spiro atoms. The molecule has 4 heteroatoms. The molecular weight excluding hydrogens is 316 g/mol. The number of ether oxygens (including phenoxy) is 2. The maximum absolute atomic E-state index is 12.7. The van der Waals surface area contributed by atoms with Crippen LogP contribution in [-0.4, -0.2) is 17.5 Å². The second-order valence-electron chi connectivity index (χ2n) is 8.00. The highest BCUT2D eigenvalue weighted by atomic mass is 16.6. The van der Waals surface area contributed by atoms with Crippen LogP contribution in [0.2, 0.25) is 0 Å². The summed E-state index contributed by atoms with van der Waals surface area (Å²) < 4.78 is 11.1. The van der Waals surface area contributed by atoms with Crippen molar-refractivity contribution in [1.29, 1.82) is 0 Å². The number of carbonyl (C=O) groups excluding carboxylic acids is 2. The van der Waals surface area contributed by atoms with Gasteiger partial charge in [0.15, 0.2) is 0 Å². The van der Waals surface area contributed by atoms with Crippen molar-refractivity contribution in [2.45, 2.75) is 72.0 Å². The van der Waals surface area contributed by atoms with Gasteiger partial charge in [0.1, 0.15) is 12.2 Å². The highest BCUT2D eigenvalue weighted by molar-refractivity contribution is 5.78. The molecule has 0 N–H and O–H groups in total. The zero-order valence-electron chi connectivity index (χ0n) is 15.8. The summed E-state index contributed by atoms with van der Waals surface area (Å²) in [5.41, 5.74) is 0.0581. The van der Waals surface area contributed by atoms with E-state index in [-0.39, 0.29) is 17.9 Å². The molecule has 0 heterocycles. The Morgan fingerprint density at radius 2 is 1.72 bits per heavy atom. The third-order valence-corrected chi connectivity index (χ3v) is 5.01. The van der Waals surface area contributed by atoms with Crippen LogP contribution in [0.1, 0.15) is 65.4 Å². The molecule has 0 radical (unpaired) electrons. The van der Waals surface area contributed by atoms with Gasteiger partial charge in [-0.1, -0.05) is 37.3 Å². The summed E-state index contributed by atoms with van der Waals surface area (Å²) in [6.07, 6.45) is 3.47. The first-order valence-corrected chi connectivity index (χ1v) is 9.20. The molecule has 1 saturated carbocycles. The predicted molar refractivity (Wildman–Crippen MR) is 96.8 cm³/mol. The van der Waals surface area contributed by atoms with Gasteiger partial charge in [-0.2, -0.15) is 0 Å². The second-order valence-corrected chi connectivity index (χ2v) is 8.00. The van der Waals surface area contributed by atoms with E-state index in [4.69, 9.17) is 9.47 Å². The number of benzene rings is 1. The van der Waals surface area contributed by atoms with Crippen LogP contribution in [0.15, 0.2) is 30.3 Å². The Balaban J connectivity index is 1.91. The van der Waals surface area contributed by atoms with Crippen LogP contribution in [0.4, 0.5) is 0 Å². The average molecular weight is 346 g/mol. The first kappa shape index (κ1) is 19.5. The van der Waals surface area contributed by atoms with Crippen LogP contribution in [0.3, 0.4) is 0 Å². The van der Waals surface area contributed by atoms with Crippen molar-refractivity contribution in [3.63, 3.8) is 0 Å². The van der Waals surface area contributed by atoms with Crippen molar-refractivity contribution in [2.75, 3.05) is 0 Å². The Morgan fingerprint density at radius 3 is 2.24 bits per heavy atom. The van der Waals surface area contributed by atoms with E-state index >= 15 is 0 Å². The molecule has 0 saturated heterocycles. The van der Waals surface area contributed by atoms with E-state index < -0.39 is 11.0 Å². The van der Waals surface area contributed by atoms with Crippen LogP contribution in [0.25, 0.3) is 0 Å². The van der Waals surface area contributed by atoms with Gasteiger partial charge in [0.05, 0.1) is 11.3 Å². The van der Waals surface area contributed by atoms with Gasteiger partial charge in [-0.3, -0.25) is 9.59 Å². The third-order valence-electron chi connectivity index (χ3n) is 5.01. The second kappa shape index (κ2) is 8.03. The molecule has 0 aromatic heterocycles. The summed E-state index contributed by atoms with van der Waals surface area (Å²) in [7, 11) is 0. The van der Waals surface area contributed by atoms with E-state index in [1.165, 1.54) is 0 Å². The largest absolute Gasteiger partial charge is 0.460 e. The Hall–Kier alpha value is -1.84. The fourth-order valence-corrected chi connectivity index (χ4v) is 3.37. The van der Waals surface area contributed by atoms with Crippen molar-refractivity contribution >= 4 is 11.9 Å². The summed E-state index contributed by atoms with van der Waals surface area (Å²) in [5.74, 6) is -0.392. The molecule has 0 atom stereocenters. The number of rotatable bonds is 5. The van der Waals surface area contributed by atoms with Crippen LogP contribution in [0, 0.1) is 11.3 Å². The zero-order chi connectivity index (χ0) is 18.5. The average Bonchev–Trinajstić information content (AvgIpc) is 2.59. The van der Waals surface area contributed by atoms with Crippen molar-refractivity contribution in [3.05, 3.63) is 35.9 Å². The maximum atomic E-state index is 12.7. The van der Waals surface area contributed by atoms with Gasteiger partial charge in [-0.05, 0) is 58.4 Å². The van der Waals surface area contributed by atoms with E-state index in [9.17, 15) is 9.59 Å². The standard InChI is InChI=1S/C21H30O4/c1-5-21(19(23)24-15-16-9-7-6-8-10-16)13-11-17(12-14-21)18(22)25-20(2,3)4/h6-10,17H,5,11-15H2,1-4H3. The number of esters is 2. The monoisotopic (exact) mass is 346 g/mol. The summed E-state index contributed by atoms with van der Waals surface area (Å²) in [4.78, 5) is 24.9. The molecule has 2 rings (SSSR count). The summed E-state index contributed by atoms with van der Waals surface area (Å²) >= 11 is 0. The Morgan fingerprint density at radius 1 is 1.12 bits per heavy atom. The molecule has 25 heavy (non-hydrogen) atoms. The SMILES string of the molecule is CCC1(C(=O)OCc2ccccc2)CCC(C(=O)OC(C)(C)C)CC1. The molecule has 138 valence electrons. The van der Waals surface area contributed by atoms with Crippen molar-refractivity contribution in [1.82, 2.24) is 0 Å². The smallest absolute Gasteiger partial charge is 0.312 e. The summed E-state index contributed by atoms with van der Waals surface area (Å²) in [5, 5.41) is 0. The Bertz CT molecular complexity index is 578. The highest BCUT2D eigenvalue weighted by Crippen LogP contribution is 2.43. The number of hydrogen-bond acceptors (Lipinski definition) is 4. The minimum Gasteiger partial charge on any atom is -0.460 e. The van der Waals surface area contributed by atoms with Gasteiger partial charge in [-0.15, -0.1) is 0 Å². The predicted octanol–water partition coefficient (Wildman–Crippen LogP) is 4.66. The van der Waals surface area contributed by atoms with Crippen molar-refractivity contribution < 1.29 is 19.1 Å². The first-order valence-electron chi connectivity index (χ1n) is 9.20. The topological polar surface area (TPSA) is 52.6 Å². The fraction of sp³-hybridized carbons (Fsp3) is 0.619. The number of hydrogen-bond donors (Lipinski definition) is 0. The third kappa shape index (κ3) is 5.32. The van der Waals surface area contributed by atoms with E-state index in [2.05, 4.69) is 0 Å². The lowest BCUT2D eigenvalue weighted by Gasteiger charge is -2.37. The van der Waals surface area contributed by atoms with Gasteiger partial charge in [0.2, 0.25) is 0 Å².